The third-order valence-corrected chi connectivity index (χ3v) is 1.62. The lowest BCUT2D eigenvalue weighted by Crippen LogP contribution is -1.95. The molecule has 70 valence electrons. The highest BCUT2D eigenvalue weighted by molar-refractivity contribution is 5.65. The molecule has 0 N–H and O–H groups in total. The summed E-state index contributed by atoms with van der Waals surface area (Å²) in [6.45, 7) is 9.58. The molecule has 0 bridgehead atoms. The van der Waals surface area contributed by atoms with Crippen LogP contribution in [0.3, 0.4) is 0 Å². The Balaban J connectivity index is 0.000000202. The van der Waals surface area contributed by atoms with Gasteiger partial charge in [0.1, 0.15) is 0 Å². The molecule has 0 saturated heterocycles. The average molecular weight is 170 g/mol. The summed E-state index contributed by atoms with van der Waals surface area (Å²) in [4.78, 5) is 9.82. The molecule has 0 aromatic carbocycles. The minimum Gasteiger partial charge on any atom is -0.466 e. The normalized spacial score (nSPS) is 14.2. The van der Waals surface area contributed by atoms with Gasteiger partial charge in [0.05, 0.1) is 6.61 Å². The van der Waals surface area contributed by atoms with E-state index in [1.807, 2.05) is 0 Å². The summed E-state index contributed by atoms with van der Waals surface area (Å²) in [6, 6.07) is 0. The second-order valence-corrected chi connectivity index (χ2v) is 3.05. The number of hydrogen-bond acceptors (Lipinski definition) is 2. The second kappa shape index (κ2) is 5.81. The standard InChI is InChI=1S/C6H10.C4H8O2/c1-5(2)6-3-4-6;1-3-6-4(2)5/h6H,1,3-4H2,2H3;3H2,1-2H3. The molecule has 1 fully saturated rings. The summed E-state index contributed by atoms with van der Waals surface area (Å²) in [5.41, 5.74) is 1.37. The van der Waals surface area contributed by atoms with Crippen LogP contribution in [0.1, 0.15) is 33.6 Å². The minimum atomic E-state index is -0.211. The molecule has 1 aliphatic rings. The first-order chi connectivity index (χ1) is 5.57. The Morgan fingerprint density at radius 2 is 2.00 bits per heavy atom. The Kier molecular flexibility index (Phi) is 5.43. The lowest BCUT2D eigenvalue weighted by Gasteiger charge is -1.89. The third-order valence-electron chi connectivity index (χ3n) is 1.62. The second-order valence-electron chi connectivity index (χ2n) is 3.05. The Morgan fingerprint density at radius 1 is 1.50 bits per heavy atom. The van der Waals surface area contributed by atoms with Crippen molar-refractivity contribution in [3.8, 4) is 0 Å². The molecule has 0 amide bonds. The predicted octanol–water partition coefficient (Wildman–Crippen LogP) is 2.54. The maximum absolute atomic E-state index is 9.82. The highest BCUT2D eigenvalue weighted by Gasteiger charge is 2.20. The first kappa shape index (κ1) is 11.2. The molecule has 0 unspecified atom stereocenters. The van der Waals surface area contributed by atoms with E-state index in [1.165, 1.54) is 25.3 Å². The topological polar surface area (TPSA) is 26.3 Å². The highest BCUT2D eigenvalue weighted by Crippen LogP contribution is 2.34. The van der Waals surface area contributed by atoms with Gasteiger partial charge < -0.3 is 4.74 Å². The number of carbonyl (C=O) groups is 1. The van der Waals surface area contributed by atoms with Crippen LogP contribution < -0.4 is 0 Å². The van der Waals surface area contributed by atoms with Crippen molar-refractivity contribution in [3.63, 3.8) is 0 Å². The average Bonchev–Trinajstić information content (AvgIpc) is 2.67. The highest BCUT2D eigenvalue weighted by atomic mass is 16.5. The summed E-state index contributed by atoms with van der Waals surface area (Å²) in [6.07, 6.45) is 2.80. The van der Waals surface area contributed by atoms with Gasteiger partial charge in [-0.1, -0.05) is 12.2 Å². The van der Waals surface area contributed by atoms with Crippen molar-refractivity contribution in [2.24, 2.45) is 5.92 Å². The molecule has 12 heavy (non-hydrogen) atoms. The van der Waals surface area contributed by atoms with Crippen molar-refractivity contribution >= 4 is 5.97 Å². The van der Waals surface area contributed by atoms with E-state index in [4.69, 9.17) is 0 Å². The molecule has 0 aromatic heterocycles. The molecule has 0 atom stereocenters. The fourth-order valence-electron chi connectivity index (χ4n) is 0.779. The van der Waals surface area contributed by atoms with E-state index < -0.39 is 0 Å². The molecule has 0 heterocycles. The van der Waals surface area contributed by atoms with E-state index in [-0.39, 0.29) is 5.97 Å². The van der Waals surface area contributed by atoms with Gasteiger partial charge in [0.15, 0.2) is 0 Å². The van der Waals surface area contributed by atoms with Gasteiger partial charge in [0.25, 0.3) is 0 Å². The first-order valence-electron chi connectivity index (χ1n) is 4.36. The van der Waals surface area contributed by atoms with E-state index in [9.17, 15) is 4.79 Å². The quantitative estimate of drug-likeness (QED) is 0.470. The smallest absolute Gasteiger partial charge is 0.302 e. The molecule has 2 nitrogen and oxygen atoms in total. The fraction of sp³-hybridized carbons (Fsp3) is 0.700. The number of allylic oxidation sites excluding steroid dienone is 1. The van der Waals surface area contributed by atoms with Crippen LogP contribution in [0.2, 0.25) is 0 Å². The zero-order valence-electron chi connectivity index (χ0n) is 8.22. The van der Waals surface area contributed by atoms with Crippen molar-refractivity contribution in [2.75, 3.05) is 6.61 Å². The number of rotatable bonds is 2. The number of carbonyl (C=O) groups excluding carboxylic acids is 1. The lowest BCUT2D eigenvalue weighted by molar-refractivity contribution is -0.140. The molecule has 1 rings (SSSR count). The van der Waals surface area contributed by atoms with Crippen LogP contribution in [-0.2, 0) is 9.53 Å². The van der Waals surface area contributed by atoms with Gasteiger partial charge >= 0.3 is 5.97 Å². The molecular weight excluding hydrogens is 152 g/mol. The zero-order valence-corrected chi connectivity index (χ0v) is 8.22. The van der Waals surface area contributed by atoms with E-state index in [0.717, 1.165) is 5.92 Å². The summed E-state index contributed by atoms with van der Waals surface area (Å²) in [7, 11) is 0. The fourth-order valence-corrected chi connectivity index (χ4v) is 0.779. The van der Waals surface area contributed by atoms with Crippen LogP contribution in [0.4, 0.5) is 0 Å². The Labute approximate surface area is 74.6 Å². The van der Waals surface area contributed by atoms with Crippen molar-refractivity contribution in [1.29, 1.82) is 0 Å². The molecule has 0 spiro atoms. The van der Waals surface area contributed by atoms with Crippen LogP contribution in [0, 0.1) is 5.92 Å². The molecule has 1 aliphatic carbocycles. The maximum Gasteiger partial charge on any atom is 0.302 e. The largest absolute Gasteiger partial charge is 0.466 e. The van der Waals surface area contributed by atoms with Gasteiger partial charge in [-0.25, -0.2) is 0 Å². The molecule has 1 saturated carbocycles. The van der Waals surface area contributed by atoms with Crippen molar-refractivity contribution < 1.29 is 9.53 Å². The molecule has 0 radical (unpaired) electrons. The minimum absolute atomic E-state index is 0.211. The van der Waals surface area contributed by atoms with Gasteiger partial charge in [0.2, 0.25) is 0 Å². The van der Waals surface area contributed by atoms with Gasteiger partial charge in [-0.2, -0.15) is 0 Å². The van der Waals surface area contributed by atoms with Gasteiger partial charge in [-0.15, -0.1) is 0 Å². The monoisotopic (exact) mass is 170 g/mol. The summed E-state index contributed by atoms with van der Waals surface area (Å²) in [5, 5.41) is 0. The first-order valence-corrected chi connectivity index (χ1v) is 4.36. The zero-order chi connectivity index (χ0) is 9.56. The maximum atomic E-state index is 9.82. The Morgan fingerprint density at radius 3 is 2.00 bits per heavy atom. The Bertz CT molecular complexity index is 157. The number of ether oxygens (including phenoxy) is 1. The van der Waals surface area contributed by atoms with E-state index >= 15 is 0 Å². The molecule has 2 heteroatoms. The lowest BCUT2D eigenvalue weighted by atomic mass is 10.2. The van der Waals surface area contributed by atoms with Crippen molar-refractivity contribution in [3.05, 3.63) is 12.2 Å². The van der Waals surface area contributed by atoms with Crippen LogP contribution in [-0.4, -0.2) is 12.6 Å². The van der Waals surface area contributed by atoms with Crippen molar-refractivity contribution in [1.82, 2.24) is 0 Å². The Hall–Kier alpha value is -0.790. The van der Waals surface area contributed by atoms with Crippen LogP contribution in [0.5, 0.6) is 0 Å². The third kappa shape index (κ3) is 7.32. The van der Waals surface area contributed by atoms with E-state index in [1.54, 1.807) is 6.92 Å². The van der Waals surface area contributed by atoms with E-state index in [2.05, 4.69) is 18.2 Å². The van der Waals surface area contributed by atoms with Crippen molar-refractivity contribution in [2.45, 2.75) is 33.6 Å². The molecule has 0 aromatic rings. The predicted molar refractivity (Wildman–Crippen MR) is 49.8 cm³/mol. The summed E-state index contributed by atoms with van der Waals surface area (Å²) >= 11 is 0. The molecular formula is C10H18O2. The van der Waals surface area contributed by atoms with Crippen LogP contribution in [0.25, 0.3) is 0 Å². The van der Waals surface area contributed by atoms with Gasteiger partial charge in [-0.3, -0.25) is 4.79 Å². The summed E-state index contributed by atoms with van der Waals surface area (Å²) < 4.78 is 4.40. The molecule has 0 aliphatic heterocycles. The van der Waals surface area contributed by atoms with Crippen LogP contribution >= 0.6 is 0 Å². The van der Waals surface area contributed by atoms with Crippen LogP contribution in [0.15, 0.2) is 12.2 Å². The number of esters is 1. The SMILES string of the molecule is C=C(C)C1CC1.CCOC(C)=O. The number of hydrogen-bond donors (Lipinski definition) is 0. The van der Waals surface area contributed by atoms with Gasteiger partial charge in [-0.05, 0) is 32.6 Å². The van der Waals surface area contributed by atoms with Gasteiger partial charge in [0, 0.05) is 6.92 Å². The van der Waals surface area contributed by atoms with E-state index in [0.29, 0.717) is 6.61 Å². The summed E-state index contributed by atoms with van der Waals surface area (Å²) in [5.74, 6) is 0.697.